The highest BCUT2D eigenvalue weighted by atomic mass is 32.1. The maximum Gasteiger partial charge on any atom is 0.277 e. The van der Waals surface area contributed by atoms with Crippen molar-refractivity contribution in [3.05, 3.63) is 29.0 Å². The molecule has 140 valence electrons. The van der Waals surface area contributed by atoms with E-state index in [2.05, 4.69) is 25.6 Å². The maximum atomic E-state index is 12.5. The minimum Gasteiger partial charge on any atom is -0.315 e. The molecule has 0 spiro atoms. The lowest BCUT2D eigenvalue weighted by atomic mass is 10.1. The molecule has 1 atom stereocenters. The molecule has 4 heterocycles. The highest BCUT2D eigenvalue weighted by Gasteiger charge is 2.19. The van der Waals surface area contributed by atoms with Gasteiger partial charge in [0.05, 0.1) is 11.7 Å². The van der Waals surface area contributed by atoms with Gasteiger partial charge in [0.1, 0.15) is 0 Å². The van der Waals surface area contributed by atoms with E-state index in [9.17, 15) is 4.79 Å². The second kappa shape index (κ2) is 8.28. The number of nitrogens with one attached hydrogen (secondary N) is 2. The zero-order valence-electron chi connectivity index (χ0n) is 15.0. The van der Waals surface area contributed by atoms with Crippen LogP contribution in [-0.2, 0) is 6.54 Å². The third-order valence-corrected chi connectivity index (χ3v) is 5.90. The summed E-state index contributed by atoms with van der Waals surface area (Å²) < 4.78 is 1.91. The molecule has 8 heteroatoms. The number of thiazole rings is 1. The van der Waals surface area contributed by atoms with Gasteiger partial charge >= 0.3 is 0 Å². The first kappa shape index (κ1) is 17.6. The Balaban J connectivity index is 1.33. The predicted octanol–water partition coefficient (Wildman–Crippen LogP) is 2.50. The van der Waals surface area contributed by atoms with Crippen molar-refractivity contribution in [3.8, 4) is 0 Å². The van der Waals surface area contributed by atoms with Crippen molar-refractivity contribution in [2.45, 2.75) is 44.7 Å². The van der Waals surface area contributed by atoms with Crippen LogP contribution >= 0.6 is 11.3 Å². The minimum absolute atomic E-state index is 0.189. The summed E-state index contributed by atoms with van der Waals surface area (Å²) in [5.41, 5.74) is 1.48. The minimum atomic E-state index is -0.189. The van der Waals surface area contributed by atoms with Crippen LogP contribution in [0.4, 0.5) is 5.13 Å². The van der Waals surface area contributed by atoms with E-state index in [1.807, 2.05) is 16.3 Å². The summed E-state index contributed by atoms with van der Waals surface area (Å²) in [4.78, 5) is 19.5. The van der Waals surface area contributed by atoms with Crippen LogP contribution in [0.25, 0.3) is 0 Å². The van der Waals surface area contributed by atoms with Gasteiger partial charge in [0.2, 0.25) is 0 Å². The van der Waals surface area contributed by atoms with Crippen molar-refractivity contribution in [3.63, 3.8) is 0 Å². The summed E-state index contributed by atoms with van der Waals surface area (Å²) in [6, 6.07) is 2.12. The summed E-state index contributed by atoms with van der Waals surface area (Å²) in [6.07, 6.45) is 8.02. The molecular formula is C18H26N6OS. The summed E-state index contributed by atoms with van der Waals surface area (Å²) in [5, 5.41) is 13.4. The quantitative estimate of drug-likeness (QED) is 0.841. The molecule has 4 rings (SSSR count). The number of anilines is 1. The van der Waals surface area contributed by atoms with Gasteiger partial charge in [0, 0.05) is 24.7 Å². The molecule has 0 aromatic carbocycles. The van der Waals surface area contributed by atoms with E-state index in [1.165, 1.54) is 30.6 Å². The van der Waals surface area contributed by atoms with Gasteiger partial charge in [-0.3, -0.25) is 19.7 Å². The van der Waals surface area contributed by atoms with Gasteiger partial charge < -0.3 is 5.32 Å². The first-order valence-corrected chi connectivity index (χ1v) is 10.4. The van der Waals surface area contributed by atoms with Crippen molar-refractivity contribution >= 4 is 22.4 Å². The molecule has 0 radical (unpaired) electrons. The Morgan fingerprint density at radius 1 is 1.31 bits per heavy atom. The van der Waals surface area contributed by atoms with Crippen molar-refractivity contribution in [2.75, 3.05) is 31.5 Å². The first-order chi connectivity index (χ1) is 12.8. The van der Waals surface area contributed by atoms with Gasteiger partial charge in [0.15, 0.2) is 10.8 Å². The molecule has 2 aromatic rings. The number of likely N-dealkylation sites (tertiary alicyclic amines) is 1. The Hall–Kier alpha value is -1.77. The number of nitrogens with zero attached hydrogens (tertiary/aromatic N) is 4. The van der Waals surface area contributed by atoms with Crippen LogP contribution in [0.3, 0.4) is 0 Å². The van der Waals surface area contributed by atoms with E-state index in [-0.39, 0.29) is 5.91 Å². The first-order valence-electron chi connectivity index (χ1n) is 9.52. The zero-order valence-corrected chi connectivity index (χ0v) is 15.8. The predicted molar refractivity (Wildman–Crippen MR) is 103 cm³/mol. The van der Waals surface area contributed by atoms with Crippen LogP contribution in [0.5, 0.6) is 0 Å². The Labute approximate surface area is 157 Å². The molecule has 2 fully saturated rings. The second-order valence-electron chi connectivity index (χ2n) is 7.12. The number of carbonyl (C=O) groups is 1. The molecular weight excluding hydrogens is 348 g/mol. The Morgan fingerprint density at radius 3 is 3.00 bits per heavy atom. The highest BCUT2D eigenvalue weighted by Crippen LogP contribution is 2.20. The molecule has 1 amide bonds. The zero-order chi connectivity index (χ0) is 17.8. The third-order valence-electron chi connectivity index (χ3n) is 5.09. The Kier molecular flexibility index (Phi) is 5.62. The summed E-state index contributed by atoms with van der Waals surface area (Å²) >= 11 is 1.48. The standard InChI is InChI=1S/C18H26N6OS/c25-17(16-6-10-24(22-16)15-5-4-7-19-11-15)21-18-20-14(13-26-18)12-23-8-2-1-3-9-23/h6,10,13,15,19H,1-5,7-9,11-12H2,(H,20,21,25). The van der Waals surface area contributed by atoms with Gasteiger partial charge in [0.25, 0.3) is 5.91 Å². The highest BCUT2D eigenvalue weighted by molar-refractivity contribution is 7.13. The maximum absolute atomic E-state index is 12.5. The molecule has 2 aliphatic heterocycles. The summed E-state index contributed by atoms with van der Waals surface area (Å²) in [6.45, 7) is 5.14. The fourth-order valence-electron chi connectivity index (χ4n) is 3.67. The van der Waals surface area contributed by atoms with Crippen molar-refractivity contribution in [1.29, 1.82) is 0 Å². The summed E-state index contributed by atoms with van der Waals surface area (Å²) in [5.74, 6) is -0.189. The van der Waals surface area contributed by atoms with E-state index in [0.29, 0.717) is 16.9 Å². The second-order valence-corrected chi connectivity index (χ2v) is 7.97. The van der Waals surface area contributed by atoms with E-state index in [4.69, 9.17) is 0 Å². The molecule has 1 unspecified atom stereocenters. The van der Waals surface area contributed by atoms with Gasteiger partial charge in [-0.15, -0.1) is 11.3 Å². The molecule has 2 N–H and O–H groups in total. The lowest BCUT2D eigenvalue weighted by Gasteiger charge is -2.25. The van der Waals surface area contributed by atoms with Gasteiger partial charge in [-0.1, -0.05) is 6.42 Å². The number of piperidine rings is 2. The number of carbonyl (C=O) groups excluding carboxylic acids is 1. The molecule has 0 aliphatic carbocycles. The fourth-order valence-corrected chi connectivity index (χ4v) is 4.36. The average molecular weight is 375 g/mol. The molecule has 2 aliphatic rings. The Bertz CT molecular complexity index is 730. The van der Waals surface area contributed by atoms with Crippen LogP contribution in [0, 0.1) is 0 Å². The van der Waals surface area contributed by atoms with E-state index in [0.717, 1.165) is 51.3 Å². The van der Waals surface area contributed by atoms with E-state index in [1.54, 1.807) is 6.07 Å². The van der Waals surface area contributed by atoms with Crippen LogP contribution in [0.2, 0.25) is 0 Å². The van der Waals surface area contributed by atoms with Gasteiger partial charge in [-0.2, -0.15) is 5.10 Å². The molecule has 2 saturated heterocycles. The number of hydrogen-bond donors (Lipinski definition) is 2. The van der Waals surface area contributed by atoms with E-state index < -0.39 is 0 Å². The van der Waals surface area contributed by atoms with Crippen LogP contribution in [0.15, 0.2) is 17.6 Å². The number of aromatic nitrogens is 3. The lowest BCUT2D eigenvalue weighted by molar-refractivity contribution is 0.102. The fraction of sp³-hybridized carbons (Fsp3) is 0.611. The van der Waals surface area contributed by atoms with Crippen molar-refractivity contribution in [1.82, 2.24) is 25.0 Å². The molecule has 0 saturated carbocycles. The molecule has 7 nitrogen and oxygen atoms in total. The van der Waals surface area contributed by atoms with Crippen molar-refractivity contribution in [2.24, 2.45) is 0 Å². The van der Waals surface area contributed by atoms with Crippen LogP contribution in [0.1, 0.15) is 54.3 Å². The number of rotatable bonds is 5. The van der Waals surface area contributed by atoms with Gasteiger partial charge in [-0.25, -0.2) is 4.98 Å². The normalized spacial score (nSPS) is 21.6. The van der Waals surface area contributed by atoms with Crippen LogP contribution in [-0.4, -0.2) is 51.8 Å². The largest absolute Gasteiger partial charge is 0.315 e. The third kappa shape index (κ3) is 4.31. The summed E-state index contributed by atoms with van der Waals surface area (Å²) in [7, 11) is 0. The molecule has 0 bridgehead atoms. The Morgan fingerprint density at radius 2 is 2.19 bits per heavy atom. The number of hydrogen-bond acceptors (Lipinski definition) is 6. The monoisotopic (exact) mass is 374 g/mol. The van der Waals surface area contributed by atoms with E-state index >= 15 is 0 Å². The number of amides is 1. The van der Waals surface area contributed by atoms with Crippen molar-refractivity contribution < 1.29 is 4.79 Å². The van der Waals surface area contributed by atoms with Crippen LogP contribution < -0.4 is 10.6 Å². The molecule has 2 aromatic heterocycles. The molecule has 26 heavy (non-hydrogen) atoms. The SMILES string of the molecule is O=C(Nc1nc(CN2CCCCC2)cs1)c1ccn(C2CCCNC2)n1. The van der Waals surface area contributed by atoms with Gasteiger partial charge in [-0.05, 0) is 51.4 Å². The lowest BCUT2D eigenvalue weighted by Crippen LogP contribution is -2.32. The topological polar surface area (TPSA) is 75.1 Å². The smallest absolute Gasteiger partial charge is 0.277 e. The average Bonchev–Trinajstić information content (AvgIpc) is 3.33.